The SMILES string of the molecule is COc1ccccc1CNC(=O)C(C)NC(=O)c1ccccc1. The minimum absolute atomic E-state index is 0.250. The number of nitrogens with one attached hydrogen (secondary N) is 2. The fourth-order valence-corrected chi connectivity index (χ4v) is 2.12. The van der Waals surface area contributed by atoms with Crippen LogP contribution >= 0.6 is 0 Å². The van der Waals surface area contributed by atoms with Gasteiger partial charge in [-0.05, 0) is 25.1 Å². The quantitative estimate of drug-likeness (QED) is 0.858. The topological polar surface area (TPSA) is 67.4 Å². The van der Waals surface area contributed by atoms with Crippen molar-refractivity contribution in [3.63, 3.8) is 0 Å². The van der Waals surface area contributed by atoms with Gasteiger partial charge in [0.25, 0.3) is 5.91 Å². The number of hydrogen-bond donors (Lipinski definition) is 2. The molecule has 2 aromatic rings. The molecular formula is C18H20N2O3. The standard InChI is InChI=1S/C18H20N2O3/c1-13(20-18(22)14-8-4-3-5-9-14)17(21)19-12-15-10-6-7-11-16(15)23-2/h3-11,13H,12H2,1-2H3,(H,19,21)(H,20,22). The van der Waals surface area contributed by atoms with Crippen LogP contribution in [-0.2, 0) is 11.3 Å². The van der Waals surface area contributed by atoms with Crippen LogP contribution < -0.4 is 15.4 Å². The van der Waals surface area contributed by atoms with Gasteiger partial charge in [0, 0.05) is 17.7 Å². The molecule has 0 saturated heterocycles. The molecule has 2 amide bonds. The molecule has 0 aliphatic rings. The molecule has 0 aromatic heterocycles. The lowest BCUT2D eigenvalue weighted by atomic mass is 10.2. The summed E-state index contributed by atoms with van der Waals surface area (Å²) in [7, 11) is 1.59. The monoisotopic (exact) mass is 312 g/mol. The van der Waals surface area contributed by atoms with E-state index in [0.717, 1.165) is 5.56 Å². The van der Waals surface area contributed by atoms with Crippen LogP contribution in [0.4, 0.5) is 0 Å². The fourth-order valence-electron chi connectivity index (χ4n) is 2.12. The van der Waals surface area contributed by atoms with Gasteiger partial charge >= 0.3 is 0 Å². The second-order valence-electron chi connectivity index (χ2n) is 5.09. The van der Waals surface area contributed by atoms with E-state index in [1.54, 1.807) is 38.3 Å². The number of benzene rings is 2. The maximum atomic E-state index is 12.1. The number of methoxy groups -OCH3 is 1. The van der Waals surface area contributed by atoms with E-state index in [2.05, 4.69) is 10.6 Å². The van der Waals surface area contributed by atoms with Crippen molar-refractivity contribution in [2.75, 3.05) is 7.11 Å². The van der Waals surface area contributed by atoms with E-state index in [4.69, 9.17) is 4.74 Å². The maximum Gasteiger partial charge on any atom is 0.251 e. The van der Waals surface area contributed by atoms with Gasteiger partial charge in [-0.15, -0.1) is 0 Å². The minimum Gasteiger partial charge on any atom is -0.496 e. The van der Waals surface area contributed by atoms with Crippen LogP contribution in [-0.4, -0.2) is 25.0 Å². The third-order valence-corrected chi connectivity index (χ3v) is 3.42. The number of ether oxygens (including phenoxy) is 1. The first-order chi connectivity index (χ1) is 11.1. The first-order valence-corrected chi connectivity index (χ1v) is 7.37. The van der Waals surface area contributed by atoms with Gasteiger partial charge in [-0.1, -0.05) is 36.4 Å². The Bertz CT molecular complexity index is 671. The molecule has 0 aliphatic heterocycles. The number of para-hydroxylation sites is 1. The van der Waals surface area contributed by atoms with Crippen molar-refractivity contribution in [3.05, 3.63) is 65.7 Å². The van der Waals surface area contributed by atoms with Gasteiger partial charge in [0.15, 0.2) is 0 Å². The Morgan fingerprint density at radius 2 is 1.70 bits per heavy atom. The smallest absolute Gasteiger partial charge is 0.251 e. The molecule has 0 radical (unpaired) electrons. The molecule has 120 valence electrons. The Morgan fingerprint density at radius 1 is 1.04 bits per heavy atom. The molecule has 2 N–H and O–H groups in total. The van der Waals surface area contributed by atoms with Gasteiger partial charge in [0.1, 0.15) is 11.8 Å². The molecule has 2 rings (SSSR count). The first-order valence-electron chi connectivity index (χ1n) is 7.37. The third-order valence-electron chi connectivity index (χ3n) is 3.42. The zero-order valence-electron chi connectivity index (χ0n) is 13.2. The van der Waals surface area contributed by atoms with Gasteiger partial charge in [0.2, 0.25) is 5.91 Å². The highest BCUT2D eigenvalue weighted by molar-refractivity contribution is 5.97. The van der Waals surface area contributed by atoms with Crippen molar-refractivity contribution in [3.8, 4) is 5.75 Å². The predicted molar refractivity (Wildman–Crippen MR) is 88.2 cm³/mol. The Kier molecular flexibility index (Phi) is 5.74. The highest BCUT2D eigenvalue weighted by atomic mass is 16.5. The van der Waals surface area contributed by atoms with E-state index in [-0.39, 0.29) is 11.8 Å². The summed E-state index contributed by atoms with van der Waals surface area (Å²) >= 11 is 0. The van der Waals surface area contributed by atoms with E-state index in [0.29, 0.717) is 17.9 Å². The first kappa shape index (κ1) is 16.5. The molecule has 5 nitrogen and oxygen atoms in total. The molecule has 0 aliphatic carbocycles. The summed E-state index contributed by atoms with van der Waals surface area (Å²) in [6, 6.07) is 15.6. The lowest BCUT2D eigenvalue weighted by Crippen LogP contribution is -2.44. The van der Waals surface area contributed by atoms with E-state index in [1.807, 2.05) is 30.3 Å². The van der Waals surface area contributed by atoms with Crippen molar-refractivity contribution < 1.29 is 14.3 Å². The lowest BCUT2D eigenvalue weighted by Gasteiger charge is -2.15. The summed E-state index contributed by atoms with van der Waals surface area (Å²) in [5.74, 6) is 0.194. The van der Waals surface area contributed by atoms with E-state index in [1.165, 1.54) is 0 Å². The Balaban J connectivity index is 1.89. The van der Waals surface area contributed by atoms with Crippen LogP contribution in [0.3, 0.4) is 0 Å². The molecule has 0 heterocycles. The van der Waals surface area contributed by atoms with Crippen molar-refractivity contribution in [1.82, 2.24) is 10.6 Å². The van der Waals surface area contributed by atoms with Crippen LogP contribution in [0.2, 0.25) is 0 Å². The van der Waals surface area contributed by atoms with E-state index >= 15 is 0 Å². The van der Waals surface area contributed by atoms with Gasteiger partial charge in [-0.2, -0.15) is 0 Å². The Labute approximate surface area is 135 Å². The average molecular weight is 312 g/mol. The van der Waals surface area contributed by atoms with Gasteiger partial charge in [0.05, 0.1) is 7.11 Å². The molecule has 0 saturated carbocycles. The number of rotatable bonds is 6. The normalized spacial score (nSPS) is 11.4. The highest BCUT2D eigenvalue weighted by Gasteiger charge is 2.16. The molecule has 1 unspecified atom stereocenters. The van der Waals surface area contributed by atoms with E-state index in [9.17, 15) is 9.59 Å². The third kappa shape index (κ3) is 4.57. The highest BCUT2D eigenvalue weighted by Crippen LogP contribution is 2.16. The molecule has 1 atom stereocenters. The Hall–Kier alpha value is -2.82. The number of carbonyl (C=O) groups is 2. The van der Waals surface area contributed by atoms with Crippen LogP contribution in [0.5, 0.6) is 5.75 Å². The molecule has 0 fully saturated rings. The Morgan fingerprint density at radius 3 is 2.39 bits per heavy atom. The molecule has 23 heavy (non-hydrogen) atoms. The molecule has 5 heteroatoms. The summed E-state index contributed by atoms with van der Waals surface area (Å²) in [6.07, 6.45) is 0. The average Bonchev–Trinajstić information content (AvgIpc) is 2.60. The van der Waals surface area contributed by atoms with Gasteiger partial charge < -0.3 is 15.4 Å². The zero-order valence-corrected chi connectivity index (χ0v) is 13.2. The van der Waals surface area contributed by atoms with Crippen LogP contribution in [0, 0.1) is 0 Å². The largest absolute Gasteiger partial charge is 0.496 e. The molecular weight excluding hydrogens is 292 g/mol. The van der Waals surface area contributed by atoms with Crippen molar-refractivity contribution in [2.24, 2.45) is 0 Å². The second-order valence-corrected chi connectivity index (χ2v) is 5.09. The van der Waals surface area contributed by atoms with Gasteiger partial charge in [-0.3, -0.25) is 9.59 Å². The maximum absolute atomic E-state index is 12.1. The molecule has 0 bridgehead atoms. The van der Waals surface area contributed by atoms with Crippen LogP contribution in [0.1, 0.15) is 22.8 Å². The fraction of sp³-hybridized carbons (Fsp3) is 0.222. The summed E-state index contributed by atoms with van der Waals surface area (Å²) < 4.78 is 5.24. The van der Waals surface area contributed by atoms with Gasteiger partial charge in [-0.25, -0.2) is 0 Å². The minimum atomic E-state index is -0.627. The van der Waals surface area contributed by atoms with Crippen molar-refractivity contribution >= 4 is 11.8 Å². The summed E-state index contributed by atoms with van der Waals surface area (Å²) in [4.78, 5) is 24.1. The van der Waals surface area contributed by atoms with Crippen molar-refractivity contribution in [1.29, 1.82) is 0 Å². The molecule has 2 aromatic carbocycles. The predicted octanol–water partition coefficient (Wildman–Crippen LogP) is 2.13. The molecule has 0 spiro atoms. The summed E-state index contributed by atoms with van der Waals surface area (Å²) in [6.45, 7) is 1.99. The van der Waals surface area contributed by atoms with Crippen LogP contribution in [0.15, 0.2) is 54.6 Å². The van der Waals surface area contributed by atoms with Crippen molar-refractivity contribution in [2.45, 2.75) is 19.5 Å². The lowest BCUT2D eigenvalue weighted by molar-refractivity contribution is -0.122. The number of hydrogen-bond acceptors (Lipinski definition) is 3. The second kappa shape index (κ2) is 7.98. The summed E-state index contributed by atoms with van der Waals surface area (Å²) in [5, 5.41) is 5.48. The number of amides is 2. The summed E-state index contributed by atoms with van der Waals surface area (Å²) in [5.41, 5.74) is 1.40. The van der Waals surface area contributed by atoms with E-state index < -0.39 is 6.04 Å². The number of carbonyl (C=O) groups excluding carboxylic acids is 2. The van der Waals surface area contributed by atoms with Crippen LogP contribution in [0.25, 0.3) is 0 Å². The zero-order chi connectivity index (χ0) is 16.7.